The first-order valence-electron chi connectivity index (χ1n) is 9.85. The molecule has 0 aliphatic carbocycles. The molecule has 2 heterocycles. The van der Waals surface area contributed by atoms with E-state index in [9.17, 15) is 9.18 Å². The number of carbonyl (C=O) groups excluding carboxylic acids is 1. The van der Waals surface area contributed by atoms with Crippen LogP contribution in [-0.2, 0) is 4.74 Å². The Labute approximate surface area is 168 Å². The van der Waals surface area contributed by atoms with Crippen molar-refractivity contribution in [2.75, 3.05) is 42.6 Å². The van der Waals surface area contributed by atoms with Crippen molar-refractivity contribution in [2.45, 2.75) is 13.3 Å². The zero-order valence-electron chi connectivity index (χ0n) is 16.3. The molecule has 1 fully saturated rings. The first kappa shape index (κ1) is 19.1. The average molecular weight is 394 g/mol. The Morgan fingerprint density at radius 2 is 1.59 bits per heavy atom. The maximum atomic E-state index is 13.2. The van der Waals surface area contributed by atoms with Gasteiger partial charge in [0, 0.05) is 31.9 Å². The van der Waals surface area contributed by atoms with E-state index >= 15 is 0 Å². The topological polar surface area (TPSA) is 58.6 Å². The molecular formula is C22H23FN4O2. The molecule has 4 rings (SSSR count). The lowest BCUT2D eigenvalue weighted by Crippen LogP contribution is -2.47. The summed E-state index contributed by atoms with van der Waals surface area (Å²) in [5.74, 6) is -0.126. The van der Waals surface area contributed by atoms with E-state index in [4.69, 9.17) is 9.72 Å². The summed E-state index contributed by atoms with van der Waals surface area (Å²) in [6.45, 7) is 5.14. The molecule has 0 amide bonds. The number of esters is 1. The van der Waals surface area contributed by atoms with E-state index in [1.54, 1.807) is 12.1 Å². The first-order chi connectivity index (χ1) is 14.2. The number of halogens is 1. The van der Waals surface area contributed by atoms with Crippen LogP contribution < -0.4 is 9.80 Å². The second kappa shape index (κ2) is 8.43. The average Bonchev–Trinajstić information content (AvgIpc) is 2.77. The standard InChI is InChI=1S/C22H23FN4O2/c1-2-15-29-22(28)20-21(25-19-6-4-3-5-18(19)24-20)27-13-11-26(12-14-27)17-9-7-16(23)8-10-17/h3-10H,2,11-15H2,1H3. The molecule has 0 spiro atoms. The molecule has 3 aromatic rings. The van der Waals surface area contributed by atoms with E-state index in [-0.39, 0.29) is 11.5 Å². The Morgan fingerprint density at radius 1 is 0.966 bits per heavy atom. The van der Waals surface area contributed by atoms with Gasteiger partial charge in [-0.1, -0.05) is 19.1 Å². The van der Waals surface area contributed by atoms with Gasteiger partial charge >= 0.3 is 5.97 Å². The van der Waals surface area contributed by atoms with E-state index in [1.165, 1.54) is 12.1 Å². The van der Waals surface area contributed by atoms with E-state index < -0.39 is 5.97 Å². The second-order valence-electron chi connectivity index (χ2n) is 6.97. The minimum atomic E-state index is -0.443. The molecule has 0 atom stereocenters. The molecule has 150 valence electrons. The van der Waals surface area contributed by atoms with Crippen LogP contribution in [0.5, 0.6) is 0 Å². The molecule has 0 radical (unpaired) electrons. The number of benzene rings is 2. The van der Waals surface area contributed by atoms with Gasteiger partial charge in [-0.3, -0.25) is 0 Å². The summed E-state index contributed by atoms with van der Waals surface area (Å²) in [7, 11) is 0. The van der Waals surface area contributed by atoms with E-state index in [1.807, 2.05) is 31.2 Å². The maximum absolute atomic E-state index is 13.2. The van der Waals surface area contributed by atoms with Crippen LogP contribution in [0, 0.1) is 5.82 Å². The summed E-state index contributed by atoms with van der Waals surface area (Å²) in [5, 5.41) is 0. The van der Waals surface area contributed by atoms with Crippen LogP contribution in [0.25, 0.3) is 11.0 Å². The van der Waals surface area contributed by atoms with Crippen molar-refractivity contribution in [1.29, 1.82) is 0 Å². The van der Waals surface area contributed by atoms with Crippen LogP contribution in [0.1, 0.15) is 23.8 Å². The molecule has 0 unspecified atom stereocenters. The molecule has 1 aliphatic heterocycles. The number of anilines is 2. The van der Waals surface area contributed by atoms with Gasteiger partial charge in [0.1, 0.15) is 5.82 Å². The first-order valence-corrected chi connectivity index (χ1v) is 9.85. The Hall–Kier alpha value is -3.22. The van der Waals surface area contributed by atoms with Crippen LogP contribution in [0.3, 0.4) is 0 Å². The van der Waals surface area contributed by atoms with E-state index in [2.05, 4.69) is 14.8 Å². The minimum absolute atomic E-state index is 0.242. The Morgan fingerprint density at radius 3 is 2.24 bits per heavy atom. The molecule has 1 saturated heterocycles. The number of hydrogen-bond acceptors (Lipinski definition) is 6. The van der Waals surface area contributed by atoms with Crippen LogP contribution in [0.2, 0.25) is 0 Å². The number of carbonyl (C=O) groups is 1. The van der Waals surface area contributed by atoms with Gasteiger partial charge < -0.3 is 14.5 Å². The summed E-state index contributed by atoms with van der Waals surface area (Å²) in [4.78, 5) is 26.2. The highest BCUT2D eigenvalue weighted by Gasteiger charge is 2.25. The van der Waals surface area contributed by atoms with Gasteiger partial charge in [0.15, 0.2) is 11.5 Å². The highest BCUT2D eigenvalue weighted by atomic mass is 19.1. The molecule has 6 nitrogen and oxygen atoms in total. The van der Waals surface area contributed by atoms with Crippen molar-refractivity contribution in [3.05, 3.63) is 60.0 Å². The SMILES string of the molecule is CCCOC(=O)c1nc2ccccc2nc1N1CCN(c2ccc(F)cc2)CC1. The van der Waals surface area contributed by atoms with Crippen molar-refractivity contribution >= 4 is 28.5 Å². The van der Waals surface area contributed by atoms with Gasteiger partial charge in [-0.25, -0.2) is 19.2 Å². The van der Waals surface area contributed by atoms with Crippen LogP contribution in [0.15, 0.2) is 48.5 Å². The largest absolute Gasteiger partial charge is 0.461 e. The third-order valence-electron chi connectivity index (χ3n) is 4.95. The lowest BCUT2D eigenvalue weighted by molar-refractivity contribution is 0.0499. The Kier molecular flexibility index (Phi) is 5.55. The molecular weight excluding hydrogens is 371 g/mol. The summed E-state index contributed by atoms with van der Waals surface area (Å²) < 4.78 is 18.5. The number of piperazine rings is 1. The monoisotopic (exact) mass is 394 g/mol. The molecule has 29 heavy (non-hydrogen) atoms. The highest BCUT2D eigenvalue weighted by Crippen LogP contribution is 2.24. The van der Waals surface area contributed by atoms with Crippen LogP contribution in [0.4, 0.5) is 15.9 Å². The fourth-order valence-electron chi connectivity index (χ4n) is 3.44. The number of fused-ring (bicyclic) bond motifs is 1. The molecule has 1 aliphatic rings. The quantitative estimate of drug-likeness (QED) is 0.616. The summed E-state index contributed by atoms with van der Waals surface area (Å²) >= 11 is 0. The summed E-state index contributed by atoms with van der Waals surface area (Å²) in [6.07, 6.45) is 0.748. The van der Waals surface area contributed by atoms with Gasteiger partial charge in [0.25, 0.3) is 0 Å². The van der Waals surface area contributed by atoms with Crippen molar-refractivity contribution in [1.82, 2.24) is 9.97 Å². The second-order valence-corrected chi connectivity index (χ2v) is 6.97. The molecule has 2 aromatic carbocycles. The smallest absolute Gasteiger partial charge is 0.360 e. The highest BCUT2D eigenvalue weighted by molar-refractivity contribution is 5.95. The van der Waals surface area contributed by atoms with Crippen molar-refractivity contribution in [3.63, 3.8) is 0 Å². The van der Waals surface area contributed by atoms with Gasteiger partial charge in [0.2, 0.25) is 0 Å². The van der Waals surface area contributed by atoms with E-state index in [0.717, 1.165) is 30.7 Å². The molecule has 1 aromatic heterocycles. The zero-order chi connectivity index (χ0) is 20.2. The van der Waals surface area contributed by atoms with Gasteiger partial charge in [0.05, 0.1) is 17.6 Å². The third kappa shape index (κ3) is 4.13. The predicted octanol–water partition coefficient (Wildman–Crippen LogP) is 3.66. The number of hydrogen-bond donors (Lipinski definition) is 0. The molecule has 7 heteroatoms. The number of ether oxygens (including phenoxy) is 1. The molecule has 0 saturated carbocycles. The van der Waals surface area contributed by atoms with Crippen molar-refractivity contribution < 1.29 is 13.9 Å². The zero-order valence-corrected chi connectivity index (χ0v) is 16.3. The summed E-state index contributed by atoms with van der Waals surface area (Å²) in [6, 6.07) is 14.0. The Bertz CT molecular complexity index is 1000. The fraction of sp³-hybridized carbons (Fsp3) is 0.318. The number of para-hydroxylation sites is 2. The normalized spacial score (nSPS) is 14.3. The third-order valence-corrected chi connectivity index (χ3v) is 4.95. The van der Waals surface area contributed by atoms with Gasteiger partial charge in [-0.05, 0) is 42.8 Å². The Balaban J connectivity index is 1.59. The van der Waals surface area contributed by atoms with Crippen LogP contribution in [-0.4, -0.2) is 48.7 Å². The van der Waals surface area contributed by atoms with Crippen LogP contribution >= 0.6 is 0 Å². The van der Waals surface area contributed by atoms with Gasteiger partial charge in [-0.15, -0.1) is 0 Å². The number of rotatable bonds is 5. The maximum Gasteiger partial charge on any atom is 0.360 e. The predicted molar refractivity (Wildman–Crippen MR) is 111 cm³/mol. The minimum Gasteiger partial charge on any atom is -0.461 e. The van der Waals surface area contributed by atoms with E-state index in [0.29, 0.717) is 31.0 Å². The molecule has 0 bridgehead atoms. The lowest BCUT2D eigenvalue weighted by atomic mass is 10.2. The van der Waals surface area contributed by atoms with Crippen molar-refractivity contribution in [3.8, 4) is 0 Å². The fourth-order valence-corrected chi connectivity index (χ4v) is 3.44. The van der Waals surface area contributed by atoms with Crippen molar-refractivity contribution in [2.24, 2.45) is 0 Å². The lowest BCUT2D eigenvalue weighted by Gasteiger charge is -2.37. The summed E-state index contributed by atoms with van der Waals surface area (Å²) in [5.41, 5.74) is 2.66. The molecule has 0 N–H and O–H groups in total. The number of nitrogens with zero attached hydrogens (tertiary/aromatic N) is 4. The number of aromatic nitrogens is 2. The van der Waals surface area contributed by atoms with Gasteiger partial charge in [-0.2, -0.15) is 0 Å².